The molecule has 0 amide bonds. The SMILES string of the molecule is CCCNc1nccc(Oc2ccccc2Br)n1. The maximum Gasteiger partial charge on any atom is 0.225 e. The number of anilines is 1. The molecule has 0 fully saturated rings. The van der Waals surface area contributed by atoms with Gasteiger partial charge in [0.25, 0.3) is 0 Å². The van der Waals surface area contributed by atoms with Crippen LogP contribution in [0.5, 0.6) is 11.6 Å². The molecule has 1 aromatic heterocycles. The van der Waals surface area contributed by atoms with Crippen LogP contribution in [0.3, 0.4) is 0 Å². The quantitative estimate of drug-likeness (QED) is 0.911. The van der Waals surface area contributed by atoms with Crippen LogP contribution in [-0.2, 0) is 0 Å². The van der Waals surface area contributed by atoms with Crippen molar-refractivity contribution < 1.29 is 4.74 Å². The Bertz CT molecular complexity index is 519. The molecule has 1 N–H and O–H groups in total. The third kappa shape index (κ3) is 3.43. The lowest BCUT2D eigenvalue weighted by Crippen LogP contribution is -2.04. The standard InChI is InChI=1S/C13H14BrN3O/c1-2-8-15-13-16-9-7-12(17-13)18-11-6-4-3-5-10(11)14/h3-7,9H,2,8H2,1H3,(H,15,16,17). The lowest BCUT2D eigenvalue weighted by atomic mass is 10.3. The van der Waals surface area contributed by atoms with Crippen LogP contribution in [0.1, 0.15) is 13.3 Å². The molecule has 0 aliphatic rings. The summed E-state index contributed by atoms with van der Waals surface area (Å²) in [5.41, 5.74) is 0. The molecule has 0 saturated carbocycles. The number of hydrogen-bond acceptors (Lipinski definition) is 4. The van der Waals surface area contributed by atoms with Crippen molar-refractivity contribution in [2.45, 2.75) is 13.3 Å². The van der Waals surface area contributed by atoms with E-state index in [-0.39, 0.29) is 0 Å². The van der Waals surface area contributed by atoms with Gasteiger partial charge in [0.2, 0.25) is 11.8 Å². The van der Waals surface area contributed by atoms with Gasteiger partial charge in [-0.3, -0.25) is 0 Å². The first kappa shape index (κ1) is 12.8. The second kappa shape index (κ2) is 6.35. The van der Waals surface area contributed by atoms with E-state index in [9.17, 15) is 0 Å². The van der Waals surface area contributed by atoms with Gasteiger partial charge < -0.3 is 10.1 Å². The molecule has 0 aliphatic heterocycles. The summed E-state index contributed by atoms with van der Waals surface area (Å²) in [6.07, 6.45) is 2.70. The molecule has 4 nitrogen and oxygen atoms in total. The zero-order valence-corrected chi connectivity index (χ0v) is 11.6. The van der Waals surface area contributed by atoms with Gasteiger partial charge in [0.1, 0.15) is 5.75 Å². The van der Waals surface area contributed by atoms with Gasteiger partial charge in [-0.05, 0) is 34.5 Å². The summed E-state index contributed by atoms with van der Waals surface area (Å²) < 4.78 is 6.59. The van der Waals surface area contributed by atoms with Crippen LogP contribution in [0.25, 0.3) is 0 Å². The molecule has 94 valence electrons. The highest BCUT2D eigenvalue weighted by Gasteiger charge is 2.04. The Morgan fingerprint density at radius 3 is 2.89 bits per heavy atom. The molecule has 0 unspecified atom stereocenters. The minimum Gasteiger partial charge on any atom is -0.438 e. The van der Waals surface area contributed by atoms with Gasteiger partial charge >= 0.3 is 0 Å². The van der Waals surface area contributed by atoms with Crippen molar-refractivity contribution in [2.75, 3.05) is 11.9 Å². The number of ether oxygens (including phenoxy) is 1. The maximum atomic E-state index is 5.69. The van der Waals surface area contributed by atoms with E-state index in [1.807, 2.05) is 24.3 Å². The molecule has 5 heteroatoms. The molecule has 1 aromatic carbocycles. The first-order chi connectivity index (χ1) is 8.79. The fourth-order valence-electron chi connectivity index (χ4n) is 1.36. The van der Waals surface area contributed by atoms with E-state index in [0.717, 1.165) is 23.2 Å². The largest absolute Gasteiger partial charge is 0.438 e. The monoisotopic (exact) mass is 307 g/mol. The Morgan fingerprint density at radius 1 is 1.28 bits per heavy atom. The molecular weight excluding hydrogens is 294 g/mol. The minimum atomic E-state index is 0.524. The zero-order valence-electron chi connectivity index (χ0n) is 10.1. The fraction of sp³-hybridized carbons (Fsp3) is 0.231. The van der Waals surface area contributed by atoms with Gasteiger partial charge in [-0.15, -0.1) is 0 Å². The van der Waals surface area contributed by atoms with E-state index in [0.29, 0.717) is 11.8 Å². The third-order valence-corrected chi connectivity index (χ3v) is 2.87. The molecule has 1 heterocycles. The minimum absolute atomic E-state index is 0.524. The lowest BCUT2D eigenvalue weighted by molar-refractivity contribution is 0.459. The number of benzene rings is 1. The van der Waals surface area contributed by atoms with Crippen LogP contribution >= 0.6 is 15.9 Å². The number of para-hydroxylation sites is 1. The highest BCUT2D eigenvalue weighted by Crippen LogP contribution is 2.28. The topological polar surface area (TPSA) is 47.0 Å². The van der Waals surface area contributed by atoms with Crippen LogP contribution in [0.15, 0.2) is 41.0 Å². The van der Waals surface area contributed by atoms with Crippen molar-refractivity contribution in [3.05, 3.63) is 41.0 Å². The molecule has 0 aliphatic carbocycles. The van der Waals surface area contributed by atoms with Crippen LogP contribution in [-0.4, -0.2) is 16.5 Å². The normalized spacial score (nSPS) is 10.1. The first-order valence-electron chi connectivity index (χ1n) is 5.79. The summed E-state index contributed by atoms with van der Waals surface area (Å²) in [6.45, 7) is 2.94. The number of hydrogen-bond donors (Lipinski definition) is 1. The summed E-state index contributed by atoms with van der Waals surface area (Å²) in [5.74, 6) is 1.84. The first-order valence-corrected chi connectivity index (χ1v) is 6.58. The Kier molecular flexibility index (Phi) is 4.52. The highest BCUT2D eigenvalue weighted by molar-refractivity contribution is 9.10. The third-order valence-electron chi connectivity index (χ3n) is 2.21. The summed E-state index contributed by atoms with van der Waals surface area (Å²) in [6, 6.07) is 9.39. The predicted octanol–water partition coefficient (Wildman–Crippen LogP) is 3.85. The van der Waals surface area contributed by atoms with E-state index >= 15 is 0 Å². The van der Waals surface area contributed by atoms with Gasteiger partial charge in [0.05, 0.1) is 4.47 Å². The van der Waals surface area contributed by atoms with E-state index < -0.39 is 0 Å². The molecule has 0 atom stereocenters. The second-order valence-corrected chi connectivity index (χ2v) is 4.53. The molecule has 2 rings (SSSR count). The van der Waals surface area contributed by atoms with Gasteiger partial charge in [-0.2, -0.15) is 4.98 Å². The molecule has 0 saturated heterocycles. The van der Waals surface area contributed by atoms with E-state index in [1.54, 1.807) is 12.3 Å². The number of aromatic nitrogens is 2. The van der Waals surface area contributed by atoms with Crippen LogP contribution in [0, 0.1) is 0 Å². The van der Waals surface area contributed by atoms with Gasteiger partial charge in [-0.1, -0.05) is 19.1 Å². The summed E-state index contributed by atoms with van der Waals surface area (Å²) in [7, 11) is 0. The maximum absolute atomic E-state index is 5.69. The van der Waals surface area contributed by atoms with Crippen molar-refractivity contribution in [2.24, 2.45) is 0 Å². The average Bonchev–Trinajstić information content (AvgIpc) is 2.40. The molecular formula is C13H14BrN3O. The fourth-order valence-corrected chi connectivity index (χ4v) is 1.73. The molecule has 0 radical (unpaired) electrons. The van der Waals surface area contributed by atoms with Crippen LogP contribution < -0.4 is 10.1 Å². The van der Waals surface area contributed by atoms with Gasteiger partial charge in [0, 0.05) is 18.8 Å². The van der Waals surface area contributed by atoms with Crippen molar-refractivity contribution in [1.29, 1.82) is 0 Å². The molecule has 0 spiro atoms. The Morgan fingerprint density at radius 2 is 2.11 bits per heavy atom. The smallest absolute Gasteiger partial charge is 0.225 e. The van der Waals surface area contributed by atoms with E-state index in [2.05, 4.69) is 38.1 Å². The van der Waals surface area contributed by atoms with Gasteiger partial charge in [0.15, 0.2) is 0 Å². The Labute approximate surface area is 115 Å². The molecule has 2 aromatic rings. The summed E-state index contributed by atoms with van der Waals surface area (Å²) in [4.78, 5) is 8.41. The van der Waals surface area contributed by atoms with Gasteiger partial charge in [-0.25, -0.2) is 4.98 Å². The van der Waals surface area contributed by atoms with Crippen molar-refractivity contribution in [3.63, 3.8) is 0 Å². The zero-order chi connectivity index (χ0) is 12.8. The Hall–Kier alpha value is -1.62. The van der Waals surface area contributed by atoms with Crippen molar-refractivity contribution in [1.82, 2.24) is 9.97 Å². The van der Waals surface area contributed by atoms with E-state index in [1.165, 1.54) is 0 Å². The number of nitrogens with one attached hydrogen (secondary N) is 1. The summed E-state index contributed by atoms with van der Waals surface area (Å²) >= 11 is 3.43. The number of rotatable bonds is 5. The van der Waals surface area contributed by atoms with Crippen LogP contribution in [0.4, 0.5) is 5.95 Å². The highest BCUT2D eigenvalue weighted by atomic mass is 79.9. The molecule has 0 bridgehead atoms. The van der Waals surface area contributed by atoms with Crippen molar-refractivity contribution >= 4 is 21.9 Å². The van der Waals surface area contributed by atoms with E-state index in [4.69, 9.17) is 4.74 Å². The summed E-state index contributed by atoms with van der Waals surface area (Å²) in [5, 5.41) is 3.12. The lowest BCUT2D eigenvalue weighted by Gasteiger charge is -2.08. The predicted molar refractivity (Wildman–Crippen MR) is 75.0 cm³/mol. The second-order valence-electron chi connectivity index (χ2n) is 3.68. The number of nitrogens with zero attached hydrogens (tertiary/aromatic N) is 2. The Balaban J connectivity index is 2.12. The molecule has 18 heavy (non-hydrogen) atoms. The van der Waals surface area contributed by atoms with Crippen LogP contribution in [0.2, 0.25) is 0 Å². The van der Waals surface area contributed by atoms with Crippen molar-refractivity contribution in [3.8, 4) is 11.6 Å². The average molecular weight is 308 g/mol. The number of halogens is 1.